The van der Waals surface area contributed by atoms with Crippen LogP contribution in [0.3, 0.4) is 0 Å². The van der Waals surface area contributed by atoms with Crippen molar-refractivity contribution in [1.29, 1.82) is 0 Å². The predicted molar refractivity (Wildman–Crippen MR) is 60.6 cm³/mol. The zero-order chi connectivity index (χ0) is 11.0. The molecule has 0 saturated heterocycles. The predicted octanol–water partition coefficient (Wildman–Crippen LogP) is 2.85. The van der Waals surface area contributed by atoms with Gasteiger partial charge < -0.3 is 0 Å². The SMILES string of the molecule is Cc1nn(-c2ccnc(Cl)c2)c(C)c1C. The average Bonchev–Trinajstić information content (AvgIpc) is 2.46. The molecule has 78 valence electrons. The summed E-state index contributed by atoms with van der Waals surface area (Å²) in [6, 6.07) is 3.70. The Morgan fingerprint density at radius 1 is 1.27 bits per heavy atom. The molecule has 2 aromatic heterocycles. The summed E-state index contributed by atoms with van der Waals surface area (Å²) in [5.74, 6) is 0. The lowest BCUT2D eigenvalue weighted by molar-refractivity contribution is 0.831. The summed E-state index contributed by atoms with van der Waals surface area (Å²) in [7, 11) is 0. The number of aryl methyl sites for hydroxylation is 1. The van der Waals surface area contributed by atoms with Gasteiger partial charge >= 0.3 is 0 Å². The molecule has 2 rings (SSSR count). The van der Waals surface area contributed by atoms with Crippen molar-refractivity contribution in [2.45, 2.75) is 20.8 Å². The van der Waals surface area contributed by atoms with Crippen LogP contribution < -0.4 is 0 Å². The van der Waals surface area contributed by atoms with Gasteiger partial charge in [-0.05, 0) is 32.4 Å². The van der Waals surface area contributed by atoms with Crippen LogP contribution in [0.4, 0.5) is 0 Å². The minimum atomic E-state index is 0.484. The summed E-state index contributed by atoms with van der Waals surface area (Å²) in [6.07, 6.45) is 1.68. The van der Waals surface area contributed by atoms with Gasteiger partial charge in [-0.2, -0.15) is 5.10 Å². The summed E-state index contributed by atoms with van der Waals surface area (Å²) in [4.78, 5) is 3.95. The van der Waals surface area contributed by atoms with E-state index in [4.69, 9.17) is 11.6 Å². The van der Waals surface area contributed by atoms with Crippen LogP contribution in [0.1, 0.15) is 17.0 Å². The molecule has 2 aromatic rings. The van der Waals surface area contributed by atoms with Crippen molar-refractivity contribution in [2.24, 2.45) is 0 Å². The smallest absolute Gasteiger partial charge is 0.131 e. The quantitative estimate of drug-likeness (QED) is 0.694. The number of nitrogens with zero attached hydrogens (tertiary/aromatic N) is 3. The molecule has 0 bridgehead atoms. The molecule has 0 radical (unpaired) electrons. The normalized spacial score (nSPS) is 10.7. The molecule has 0 aliphatic rings. The Balaban J connectivity index is 2.59. The monoisotopic (exact) mass is 221 g/mol. The van der Waals surface area contributed by atoms with Crippen LogP contribution in [0.5, 0.6) is 0 Å². The number of rotatable bonds is 1. The van der Waals surface area contributed by atoms with Gasteiger partial charge in [0, 0.05) is 18.0 Å². The molecule has 2 heterocycles. The number of halogens is 1. The van der Waals surface area contributed by atoms with Crippen LogP contribution in [-0.2, 0) is 0 Å². The Hall–Kier alpha value is -1.35. The Labute approximate surface area is 93.7 Å². The van der Waals surface area contributed by atoms with Crippen molar-refractivity contribution >= 4 is 11.6 Å². The molecule has 0 aliphatic heterocycles. The molecule has 0 saturated carbocycles. The average molecular weight is 222 g/mol. The van der Waals surface area contributed by atoms with E-state index in [0.29, 0.717) is 5.15 Å². The van der Waals surface area contributed by atoms with E-state index in [2.05, 4.69) is 17.0 Å². The topological polar surface area (TPSA) is 30.7 Å². The molecule has 0 amide bonds. The standard InChI is InChI=1S/C11H12ClN3/c1-7-8(2)14-15(9(7)3)10-4-5-13-11(12)6-10/h4-6H,1-3H3. The second-order valence-electron chi connectivity index (χ2n) is 3.54. The highest BCUT2D eigenvalue weighted by atomic mass is 35.5. The molecule has 4 heteroatoms. The molecule has 0 unspecified atom stereocenters. The van der Waals surface area contributed by atoms with E-state index in [1.807, 2.05) is 24.6 Å². The van der Waals surface area contributed by atoms with Crippen LogP contribution in [0.25, 0.3) is 5.69 Å². The maximum absolute atomic E-state index is 5.84. The van der Waals surface area contributed by atoms with E-state index < -0.39 is 0 Å². The molecule has 0 aromatic carbocycles. The van der Waals surface area contributed by atoms with E-state index in [1.165, 1.54) is 5.56 Å². The first-order valence-corrected chi connectivity index (χ1v) is 5.12. The summed E-state index contributed by atoms with van der Waals surface area (Å²) < 4.78 is 1.89. The van der Waals surface area contributed by atoms with Crippen molar-refractivity contribution in [3.05, 3.63) is 40.4 Å². The van der Waals surface area contributed by atoms with Crippen molar-refractivity contribution in [2.75, 3.05) is 0 Å². The third-order valence-corrected chi connectivity index (χ3v) is 2.81. The Morgan fingerprint density at radius 2 is 2.00 bits per heavy atom. The maximum Gasteiger partial charge on any atom is 0.131 e. The van der Waals surface area contributed by atoms with Gasteiger partial charge in [-0.15, -0.1) is 0 Å². The van der Waals surface area contributed by atoms with E-state index in [1.54, 1.807) is 12.3 Å². The lowest BCUT2D eigenvalue weighted by Gasteiger charge is -2.04. The molecule has 0 N–H and O–H groups in total. The number of hydrogen-bond donors (Lipinski definition) is 0. The van der Waals surface area contributed by atoms with Gasteiger partial charge in [0.15, 0.2) is 0 Å². The zero-order valence-corrected chi connectivity index (χ0v) is 9.71. The van der Waals surface area contributed by atoms with E-state index in [0.717, 1.165) is 17.1 Å². The van der Waals surface area contributed by atoms with Gasteiger partial charge in [-0.25, -0.2) is 9.67 Å². The summed E-state index contributed by atoms with van der Waals surface area (Å²) >= 11 is 5.84. The van der Waals surface area contributed by atoms with Gasteiger partial charge in [0.25, 0.3) is 0 Å². The molecular formula is C11H12ClN3. The highest BCUT2D eigenvalue weighted by Gasteiger charge is 2.08. The van der Waals surface area contributed by atoms with Crippen molar-refractivity contribution < 1.29 is 0 Å². The van der Waals surface area contributed by atoms with Crippen LogP contribution >= 0.6 is 11.6 Å². The van der Waals surface area contributed by atoms with Gasteiger partial charge in [-0.1, -0.05) is 11.6 Å². The fourth-order valence-corrected chi connectivity index (χ4v) is 1.66. The fourth-order valence-electron chi connectivity index (χ4n) is 1.50. The Kier molecular flexibility index (Phi) is 2.49. The molecule has 3 nitrogen and oxygen atoms in total. The number of aromatic nitrogens is 3. The number of pyridine rings is 1. The zero-order valence-electron chi connectivity index (χ0n) is 8.95. The molecule has 0 atom stereocenters. The highest BCUT2D eigenvalue weighted by Crippen LogP contribution is 2.17. The molecule has 15 heavy (non-hydrogen) atoms. The van der Waals surface area contributed by atoms with E-state index in [-0.39, 0.29) is 0 Å². The second kappa shape index (κ2) is 3.66. The fraction of sp³-hybridized carbons (Fsp3) is 0.273. The first-order chi connectivity index (χ1) is 7.09. The van der Waals surface area contributed by atoms with Gasteiger partial charge in [0.05, 0.1) is 11.4 Å². The molecule has 0 fully saturated rings. The minimum Gasteiger partial charge on any atom is -0.244 e. The van der Waals surface area contributed by atoms with Crippen molar-refractivity contribution in [3.8, 4) is 5.69 Å². The largest absolute Gasteiger partial charge is 0.244 e. The van der Waals surface area contributed by atoms with Crippen LogP contribution in [-0.4, -0.2) is 14.8 Å². The third kappa shape index (κ3) is 1.75. The lowest BCUT2D eigenvalue weighted by Crippen LogP contribution is -1.99. The number of hydrogen-bond acceptors (Lipinski definition) is 2. The van der Waals surface area contributed by atoms with E-state index >= 15 is 0 Å². The molecule has 0 aliphatic carbocycles. The van der Waals surface area contributed by atoms with Crippen LogP contribution in [0.15, 0.2) is 18.3 Å². The van der Waals surface area contributed by atoms with Crippen molar-refractivity contribution in [1.82, 2.24) is 14.8 Å². The molecular weight excluding hydrogens is 210 g/mol. The second-order valence-corrected chi connectivity index (χ2v) is 3.93. The first-order valence-electron chi connectivity index (χ1n) is 4.74. The summed E-state index contributed by atoms with van der Waals surface area (Å²) in [5.41, 5.74) is 4.34. The van der Waals surface area contributed by atoms with Gasteiger partial charge in [0.2, 0.25) is 0 Å². The first kappa shape index (κ1) is 10.2. The van der Waals surface area contributed by atoms with E-state index in [9.17, 15) is 0 Å². The van der Waals surface area contributed by atoms with Crippen LogP contribution in [0.2, 0.25) is 5.15 Å². The highest BCUT2D eigenvalue weighted by molar-refractivity contribution is 6.29. The van der Waals surface area contributed by atoms with Gasteiger partial charge in [-0.3, -0.25) is 0 Å². The maximum atomic E-state index is 5.84. The van der Waals surface area contributed by atoms with Gasteiger partial charge in [0.1, 0.15) is 5.15 Å². The van der Waals surface area contributed by atoms with Crippen LogP contribution in [0, 0.1) is 20.8 Å². The Bertz CT molecular complexity index is 503. The van der Waals surface area contributed by atoms with Crippen molar-refractivity contribution in [3.63, 3.8) is 0 Å². The lowest BCUT2D eigenvalue weighted by atomic mass is 10.2. The summed E-state index contributed by atoms with van der Waals surface area (Å²) in [6.45, 7) is 6.11. The minimum absolute atomic E-state index is 0.484. The summed E-state index contributed by atoms with van der Waals surface area (Å²) in [5, 5.41) is 4.94. The Morgan fingerprint density at radius 3 is 2.53 bits per heavy atom. The third-order valence-electron chi connectivity index (χ3n) is 2.61. The molecule has 0 spiro atoms.